The Hall–Kier alpha value is -2.21. The minimum Gasteiger partial charge on any atom is -0.407 e. The Morgan fingerprint density at radius 3 is 3.00 bits per heavy atom. The Balaban J connectivity index is 2.44. The van der Waals surface area contributed by atoms with Gasteiger partial charge in [-0.05, 0) is 12.1 Å². The molecule has 0 bridgehead atoms. The molecule has 3 N–H and O–H groups in total. The number of primary amides is 1. The molecule has 6 nitrogen and oxygen atoms in total. The maximum Gasteiger partial charge on any atom is 0.410 e. The van der Waals surface area contributed by atoms with Gasteiger partial charge in [0.25, 0.3) is 0 Å². The summed E-state index contributed by atoms with van der Waals surface area (Å²) in [7, 11) is 1.78. The van der Waals surface area contributed by atoms with E-state index in [2.05, 4.69) is 10.2 Å². The molecule has 0 radical (unpaired) electrons. The fraction of sp³-hybridized carbons (Fsp3) is 0.0909. The standard InChI is InChI=1S/C11H9ClN4O2/c1-16-8-5(9(10(16)12)18-11(13)17)2-3-7-6(8)4-14-15-7/h2-4H,1H3,(H2,13,17)(H,14,15). The molecule has 0 aliphatic rings. The molecule has 0 spiro atoms. The molecule has 0 saturated heterocycles. The predicted octanol–water partition coefficient (Wildman–Crippen LogP) is 2.17. The minimum atomic E-state index is -0.892. The molecule has 0 aliphatic carbocycles. The van der Waals surface area contributed by atoms with E-state index in [1.54, 1.807) is 23.9 Å². The van der Waals surface area contributed by atoms with Crippen LogP contribution in [0.2, 0.25) is 5.15 Å². The fourth-order valence-electron chi connectivity index (χ4n) is 2.11. The van der Waals surface area contributed by atoms with Crippen molar-refractivity contribution in [3.8, 4) is 5.75 Å². The van der Waals surface area contributed by atoms with Crippen LogP contribution in [0.4, 0.5) is 4.79 Å². The van der Waals surface area contributed by atoms with Gasteiger partial charge in [-0.3, -0.25) is 5.10 Å². The van der Waals surface area contributed by atoms with Crippen LogP contribution in [0.1, 0.15) is 0 Å². The number of amides is 1. The first-order valence-corrected chi connectivity index (χ1v) is 5.54. The number of hydrogen-bond acceptors (Lipinski definition) is 3. The van der Waals surface area contributed by atoms with Crippen molar-refractivity contribution in [1.29, 1.82) is 0 Å². The van der Waals surface area contributed by atoms with Crippen molar-refractivity contribution >= 4 is 39.5 Å². The Bertz CT molecular complexity index is 774. The van der Waals surface area contributed by atoms with Crippen molar-refractivity contribution in [1.82, 2.24) is 14.8 Å². The third kappa shape index (κ3) is 1.36. The second kappa shape index (κ2) is 3.64. The number of carbonyl (C=O) groups is 1. The Kier molecular flexibility index (Phi) is 2.21. The van der Waals surface area contributed by atoms with Crippen LogP contribution in [0, 0.1) is 0 Å². The first kappa shape index (κ1) is 10.9. The predicted molar refractivity (Wildman–Crippen MR) is 67.8 cm³/mol. The van der Waals surface area contributed by atoms with E-state index in [0.717, 1.165) is 21.8 Å². The second-order valence-corrected chi connectivity index (χ2v) is 4.25. The number of nitrogens with zero attached hydrogens (tertiary/aromatic N) is 2. The van der Waals surface area contributed by atoms with Crippen LogP contribution in [0.5, 0.6) is 5.75 Å². The molecule has 3 rings (SSSR count). The monoisotopic (exact) mass is 264 g/mol. The third-order valence-electron chi connectivity index (χ3n) is 2.86. The van der Waals surface area contributed by atoms with Crippen LogP contribution in [-0.4, -0.2) is 20.9 Å². The number of carbonyl (C=O) groups excluding carboxylic acids is 1. The molecular weight excluding hydrogens is 256 g/mol. The summed E-state index contributed by atoms with van der Waals surface area (Å²) in [6, 6.07) is 3.65. The lowest BCUT2D eigenvalue weighted by Gasteiger charge is -1.98. The van der Waals surface area contributed by atoms with Gasteiger partial charge < -0.3 is 15.0 Å². The van der Waals surface area contributed by atoms with Crippen LogP contribution in [-0.2, 0) is 7.05 Å². The number of aromatic nitrogens is 3. The number of nitrogens with two attached hydrogens (primary N) is 1. The highest BCUT2D eigenvalue weighted by atomic mass is 35.5. The van der Waals surface area contributed by atoms with Crippen molar-refractivity contribution in [2.75, 3.05) is 0 Å². The summed E-state index contributed by atoms with van der Waals surface area (Å²) < 4.78 is 6.69. The lowest BCUT2D eigenvalue weighted by Crippen LogP contribution is -2.16. The van der Waals surface area contributed by atoms with Crippen LogP contribution < -0.4 is 10.5 Å². The summed E-state index contributed by atoms with van der Waals surface area (Å²) in [5.41, 5.74) is 6.75. The molecule has 1 aromatic carbocycles. The zero-order valence-corrected chi connectivity index (χ0v) is 10.2. The largest absolute Gasteiger partial charge is 0.410 e. The van der Waals surface area contributed by atoms with Crippen molar-refractivity contribution in [2.24, 2.45) is 12.8 Å². The average Bonchev–Trinajstić information content (AvgIpc) is 2.87. The van der Waals surface area contributed by atoms with E-state index >= 15 is 0 Å². The van der Waals surface area contributed by atoms with Crippen molar-refractivity contribution in [3.63, 3.8) is 0 Å². The molecular formula is C11H9ClN4O2. The van der Waals surface area contributed by atoms with E-state index < -0.39 is 6.09 Å². The number of benzene rings is 1. The summed E-state index contributed by atoms with van der Waals surface area (Å²) in [6.07, 6.45) is 0.805. The molecule has 0 aliphatic heterocycles. The summed E-state index contributed by atoms with van der Waals surface area (Å²) in [5, 5.41) is 8.78. The molecule has 0 fully saturated rings. The Morgan fingerprint density at radius 2 is 2.28 bits per heavy atom. The fourth-order valence-corrected chi connectivity index (χ4v) is 2.33. The topological polar surface area (TPSA) is 85.9 Å². The van der Waals surface area contributed by atoms with Gasteiger partial charge in [0, 0.05) is 17.8 Å². The average molecular weight is 265 g/mol. The molecule has 2 aromatic heterocycles. The van der Waals surface area contributed by atoms with Gasteiger partial charge in [-0.15, -0.1) is 0 Å². The highest BCUT2D eigenvalue weighted by Gasteiger charge is 2.19. The van der Waals surface area contributed by atoms with Gasteiger partial charge in [-0.2, -0.15) is 5.10 Å². The molecule has 2 heterocycles. The third-order valence-corrected chi connectivity index (χ3v) is 3.29. The lowest BCUT2D eigenvalue weighted by atomic mass is 10.2. The summed E-state index contributed by atoms with van der Waals surface area (Å²) in [5.74, 6) is 0.268. The van der Waals surface area contributed by atoms with Crippen LogP contribution in [0.15, 0.2) is 18.3 Å². The number of aryl methyl sites for hydroxylation is 1. The summed E-state index contributed by atoms with van der Waals surface area (Å²) >= 11 is 6.15. The highest BCUT2D eigenvalue weighted by Crippen LogP contribution is 2.39. The molecule has 0 atom stereocenters. The smallest absolute Gasteiger partial charge is 0.407 e. The van der Waals surface area contributed by atoms with Crippen LogP contribution >= 0.6 is 11.6 Å². The number of H-pyrrole nitrogens is 1. The van der Waals surface area contributed by atoms with Gasteiger partial charge in [0.2, 0.25) is 0 Å². The van der Waals surface area contributed by atoms with Gasteiger partial charge >= 0.3 is 6.09 Å². The lowest BCUT2D eigenvalue weighted by molar-refractivity contribution is 0.211. The molecule has 0 unspecified atom stereocenters. The number of halogens is 1. The summed E-state index contributed by atoms with van der Waals surface area (Å²) in [6.45, 7) is 0. The molecule has 0 saturated carbocycles. The van der Waals surface area contributed by atoms with Crippen molar-refractivity contribution in [2.45, 2.75) is 0 Å². The van der Waals surface area contributed by atoms with E-state index in [4.69, 9.17) is 22.1 Å². The first-order valence-electron chi connectivity index (χ1n) is 5.17. The van der Waals surface area contributed by atoms with E-state index in [9.17, 15) is 4.79 Å². The maximum absolute atomic E-state index is 10.9. The molecule has 7 heteroatoms. The molecule has 3 aromatic rings. The number of ether oxygens (including phenoxy) is 1. The second-order valence-electron chi connectivity index (χ2n) is 3.89. The van der Waals surface area contributed by atoms with Gasteiger partial charge in [-0.25, -0.2) is 4.79 Å². The van der Waals surface area contributed by atoms with Crippen LogP contribution in [0.25, 0.3) is 21.8 Å². The maximum atomic E-state index is 10.9. The number of aromatic amines is 1. The van der Waals surface area contributed by atoms with Gasteiger partial charge in [-0.1, -0.05) is 11.6 Å². The van der Waals surface area contributed by atoms with E-state index in [0.29, 0.717) is 5.15 Å². The van der Waals surface area contributed by atoms with Gasteiger partial charge in [0.15, 0.2) is 10.9 Å². The Morgan fingerprint density at radius 1 is 1.50 bits per heavy atom. The molecule has 92 valence electrons. The normalized spacial score (nSPS) is 11.2. The van der Waals surface area contributed by atoms with E-state index in [1.807, 2.05) is 6.07 Å². The SMILES string of the molecule is Cn1c(Cl)c(OC(N)=O)c2ccc3[nH]ncc3c21. The van der Waals surface area contributed by atoms with Crippen molar-refractivity contribution in [3.05, 3.63) is 23.5 Å². The Labute approximate surface area is 106 Å². The van der Waals surface area contributed by atoms with Crippen molar-refractivity contribution < 1.29 is 9.53 Å². The van der Waals surface area contributed by atoms with Crippen LogP contribution in [0.3, 0.4) is 0 Å². The highest BCUT2D eigenvalue weighted by molar-refractivity contribution is 6.33. The van der Waals surface area contributed by atoms with E-state index in [-0.39, 0.29) is 5.75 Å². The molecule has 1 amide bonds. The number of hydrogen-bond donors (Lipinski definition) is 2. The zero-order valence-electron chi connectivity index (χ0n) is 9.40. The number of nitrogens with one attached hydrogen (secondary N) is 1. The van der Waals surface area contributed by atoms with E-state index in [1.165, 1.54) is 0 Å². The number of rotatable bonds is 1. The molecule has 18 heavy (non-hydrogen) atoms. The van der Waals surface area contributed by atoms with Gasteiger partial charge in [0.1, 0.15) is 0 Å². The van der Waals surface area contributed by atoms with Gasteiger partial charge in [0.05, 0.1) is 17.2 Å². The first-order chi connectivity index (χ1) is 8.59. The minimum absolute atomic E-state index is 0.268. The number of fused-ring (bicyclic) bond motifs is 3. The quantitative estimate of drug-likeness (QED) is 0.706. The zero-order chi connectivity index (χ0) is 12.9. The summed E-state index contributed by atoms with van der Waals surface area (Å²) in [4.78, 5) is 10.9.